The first kappa shape index (κ1) is 16.3. The first-order chi connectivity index (χ1) is 11.7. The number of hydrogen-bond acceptors (Lipinski definition) is 3. The highest BCUT2D eigenvalue weighted by Crippen LogP contribution is 2.20. The minimum absolute atomic E-state index is 0.0249. The number of carbonyl (C=O) groups is 1. The van der Waals surface area contributed by atoms with E-state index in [1.807, 2.05) is 55.5 Å². The van der Waals surface area contributed by atoms with Gasteiger partial charge in [0.25, 0.3) is 5.91 Å². The van der Waals surface area contributed by atoms with Gasteiger partial charge in [-0.2, -0.15) is 0 Å². The van der Waals surface area contributed by atoms with Gasteiger partial charge in [-0.05, 0) is 43.5 Å². The van der Waals surface area contributed by atoms with Gasteiger partial charge in [0.1, 0.15) is 5.58 Å². The second-order valence-corrected chi connectivity index (χ2v) is 6.02. The van der Waals surface area contributed by atoms with Gasteiger partial charge in [0.05, 0.1) is 0 Å². The van der Waals surface area contributed by atoms with Crippen molar-refractivity contribution in [2.75, 3.05) is 6.61 Å². The molecule has 24 heavy (non-hydrogen) atoms. The minimum atomic E-state index is -0.252. The van der Waals surface area contributed by atoms with Crippen LogP contribution in [0.15, 0.2) is 59.0 Å². The molecule has 1 heterocycles. The van der Waals surface area contributed by atoms with Crippen LogP contribution >= 0.6 is 0 Å². The molecule has 3 aromatic rings. The highest BCUT2D eigenvalue weighted by molar-refractivity contribution is 5.96. The van der Waals surface area contributed by atoms with E-state index in [0.29, 0.717) is 24.2 Å². The van der Waals surface area contributed by atoms with Gasteiger partial charge in [-0.1, -0.05) is 42.0 Å². The van der Waals surface area contributed by atoms with Crippen molar-refractivity contribution in [3.8, 4) is 0 Å². The quantitative estimate of drug-likeness (QED) is 0.730. The Balaban J connectivity index is 1.74. The van der Waals surface area contributed by atoms with Crippen molar-refractivity contribution in [3.05, 3.63) is 71.5 Å². The number of furan rings is 1. The molecule has 3 rings (SSSR count). The van der Waals surface area contributed by atoms with Crippen LogP contribution < -0.4 is 5.32 Å². The SMILES string of the molecule is Cc1ccc2oc(C(=O)N[C@@H](CCO)Cc3ccccc3)cc2c1. The number of aryl methyl sites for hydroxylation is 1. The van der Waals surface area contributed by atoms with Crippen LogP contribution in [0.5, 0.6) is 0 Å². The van der Waals surface area contributed by atoms with Gasteiger partial charge in [0, 0.05) is 18.0 Å². The zero-order valence-corrected chi connectivity index (χ0v) is 13.7. The van der Waals surface area contributed by atoms with Crippen molar-refractivity contribution in [1.82, 2.24) is 5.32 Å². The third-order valence-corrected chi connectivity index (χ3v) is 4.03. The molecule has 0 bridgehead atoms. The van der Waals surface area contributed by atoms with Crippen LogP contribution in [-0.4, -0.2) is 23.7 Å². The lowest BCUT2D eigenvalue weighted by Crippen LogP contribution is -2.37. The number of aliphatic hydroxyl groups is 1. The Labute approximate surface area is 141 Å². The molecule has 4 heteroatoms. The highest BCUT2D eigenvalue weighted by atomic mass is 16.3. The van der Waals surface area contributed by atoms with E-state index in [0.717, 1.165) is 16.5 Å². The monoisotopic (exact) mass is 323 g/mol. The van der Waals surface area contributed by atoms with Crippen LogP contribution in [0.3, 0.4) is 0 Å². The fraction of sp³-hybridized carbons (Fsp3) is 0.250. The first-order valence-electron chi connectivity index (χ1n) is 8.11. The molecule has 1 atom stereocenters. The van der Waals surface area contributed by atoms with Crippen LogP contribution in [0.2, 0.25) is 0 Å². The third-order valence-electron chi connectivity index (χ3n) is 4.03. The summed E-state index contributed by atoms with van der Waals surface area (Å²) in [6.45, 7) is 2.03. The van der Waals surface area contributed by atoms with Crippen LogP contribution in [-0.2, 0) is 6.42 Å². The maximum atomic E-state index is 12.5. The molecule has 0 aliphatic heterocycles. The van der Waals surface area contributed by atoms with Gasteiger partial charge in [-0.3, -0.25) is 4.79 Å². The van der Waals surface area contributed by atoms with E-state index in [-0.39, 0.29) is 18.6 Å². The van der Waals surface area contributed by atoms with Crippen LogP contribution in [0.4, 0.5) is 0 Å². The number of amides is 1. The van der Waals surface area contributed by atoms with Crippen LogP contribution in [0.25, 0.3) is 11.0 Å². The predicted molar refractivity (Wildman–Crippen MR) is 94.1 cm³/mol. The van der Waals surface area contributed by atoms with E-state index >= 15 is 0 Å². The summed E-state index contributed by atoms with van der Waals surface area (Å²) >= 11 is 0. The van der Waals surface area contributed by atoms with Gasteiger partial charge in [-0.25, -0.2) is 0 Å². The smallest absolute Gasteiger partial charge is 0.287 e. The third kappa shape index (κ3) is 3.84. The Kier molecular flexibility index (Phi) is 4.96. The molecule has 0 saturated heterocycles. The maximum Gasteiger partial charge on any atom is 0.287 e. The second kappa shape index (κ2) is 7.32. The fourth-order valence-electron chi connectivity index (χ4n) is 2.81. The second-order valence-electron chi connectivity index (χ2n) is 6.02. The Morgan fingerprint density at radius 1 is 1.17 bits per heavy atom. The summed E-state index contributed by atoms with van der Waals surface area (Å²) in [6.07, 6.45) is 1.17. The predicted octanol–water partition coefficient (Wildman–Crippen LogP) is 3.46. The molecule has 124 valence electrons. The largest absolute Gasteiger partial charge is 0.451 e. The first-order valence-corrected chi connectivity index (χ1v) is 8.11. The summed E-state index contributed by atoms with van der Waals surface area (Å²) in [7, 11) is 0. The molecule has 1 aromatic heterocycles. The van der Waals surface area contributed by atoms with Crippen LogP contribution in [0, 0.1) is 6.92 Å². The van der Waals surface area contributed by atoms with Crippen molar-refractivity contribution < 1.29 is 14.3 Å². The molecule has 0 fully saturated rings. The molecular formula is C20H21NO3. The molecule has 0 aliphatic rings. The normalized spacial score (nSPS) is 12.2. The average molecular weight is 323 g/mol. The molecule has 2 aromatic carbocycles. The molecular weight excluding hydrogens is 302 g/mol. The average Bonchev–Trinajstić information content (AvgIpc) is 2.99. The number of rotatable bonds is 6. The van der Waals surface area contributed by atoms with E-state index in [1.165, 1.54) is 0 Å². The van der Waals surface area contributed by atoms with E-state index < -0.39 is 0 Å². The van der Waals surface area contributed by atoms with Gasteiger partial charge in [0.2, 0.25) is 0 Å². The van der Waals surface area contributed by atoms with Crippen molar-refractivity contribution in [1.29, 1.82) is 0 Å². The molecule has 0 spiro atoms. The summed E-state index contributed by atoms with van der Waals surface area (Å²) in [5.74, 6) is 0.0461. The standard InChI is InChI=1S/C20H21NO3/c1-14-7-8-18-16(11-14)13-19(24-18)20(23)21-17(9-10-22)12-15-5-3-2-4-6-15/h2-8,11,13,17,22H,9-10,12H2,1H3,(H,21,23)/t17-/m0/s1. The van der Waals surface area contributed by atoms with Crippen molar-refractivity contribution >= 4 is 16.9 Å². The van der Waals surface area contributed by atoms with Crippen LogP contribution in [0.1, 0.15) is 28.1 Å². The summed E-state index contributed by atoms with van der Waals surface area (Å²) in [5, 5.41) is 13.2. The van der Waals surface area contributed by atoms with E-state index in [9.17, 15) is 9.90 Å². The Hall–Kier alpha value is -2.59. The maximum absolute atomic E-state index is 12.5. The topological polar surface area (TPSA) is 62.5 Å². The number of fused-ring (bicyclic) bond motifs is 1. The van der Waals surface area contributed by atoms with E-state index in [1.54, 1.807) is 6.07 Å². The van der Waals surface area contributed by atoms with Gasteiger partial charge < -0.3 is 14.8 Å². The van der Waals surface area contributed by atoms with Crippen molar-refractivity contribution in [3.63, 3.8) is 0 Å². The van der Waals surface area contributed by atoms with E-state index in [4.69, 9.17) is 4.42 Å². The summed E-state index contributed by atoms with van der Waals surface area (Å²) < 4.78 is 5.64. The summed E-state index contributed by atoms with van der Waals surface area (Å²) in [4.78, 5) is 12.5. The number of nitrogens with one attached hydrogen (secondary N) is 1. The van der Waals surface area contributed by atoms with Gasteiger partial charge in [0.15, 0.2) is 5.76 Å². The summed E-state index contributed by atoms with van der Waals surface area (Å²) in [5.41, 5.74) is 2.95. The molecule has 1 amide bonds. The van der Waals surface area contributed by atoms with Crippen molar-refractivity contribution in [2.45, 2.75) is 25.8 Å². The lowest BCUT2D eigenvalue weighted by molar-refractivity contribution is 0.0904. The molecule has 4 nitrogen and oxygen atoms in total. The zero-order chi connectivity index (χ0) is 16.9. The molecule has 0 saturated carbocycles. The molecule has 0 radical (unpaired) electrons. The summed E-state index contributed by atoms with van der Waals surface area (Å²) in [6, 6.07) is 17.4. The van der Waals surface area contributed by atoms with E-state index in [2.05, 4.69) is 5.32 Å². The number of aliphatic hydroxyl groups excluding tert-OH is 1. The zero-order valence-electron chi connectivity index (χ0n) is 13.7. The molecule has 0 aliphatic carbocycles. The molecule has 2 N–H and O–H groups in total. The lowest BCUT2D eigenvalue weighted by Gasteiger charge is -2.17. The fourth-order valence-corrected chi connectivity index (χ4v) is 2.81. The Morgan fingerprint density at radius 2 is 1.96 bits per heavy atom. The Morgan fingerprint density at radius 3 is 2.71 bits per heavy atom. The Bertz CT molecular complexity index is 823. The lowest BCUT2D eigenvalue weighted by atomic mass is 10.0. The number of benzene rings is 2. The van der Waals surface area contributed by atoms with Crippen molar-refractivity contribution in [2.24, 2.45) is 0 Å². The number of hydrogen-bond donors (Lipinski definition) is 2. The number of carbonyl (C=O) groups excluding carboxylic acids is 1. The molecule has 0 unspecified atom stereocenters. The highest BCUT2D eigenvalue weighted by Gasteiger charge is 2.17. The van der Waals surface area contributed by atoms with Gasteiger partial charge in [-0.15, -0.1) is 0 Å². The van der Waals surface area contributed by atoms with Gasteiger partial charge >= 0.3 is 0 Å². The minimum Gasteiger partial charge on any atom is -0.451 e.